The van der Waals surface area contributed by atoms with Crippen LogP contribution in [0.3, 0.4) is 0 Å². The van der Waals surface area contributed by atoms with Crippen LogP contribution >= 0.6 is 15.9 Å². The van der Waals surface area contributed by atoms with Crippen LogP contribution in [-0.2, 0) is 42.9 Å². The van der Waals surface area contributed by atoms with Crippen LogP contribution in [0, 0.1) is 28.6 Å². The van der Waals surface area contributed by atoms with E-state index in [-0.39, 0.29) is 24.9 Å². The van der Waals surface area contributed by atoms with E-state index in [0.29, 0.717) is 36.8 Å². The first kappa shape index (κ1) is 30.8. The maximum absolute atomic E-state index is 13.7. The van der Waals surface area contributed by atoms with Crippen LogP contribution in [0.5, 0.6) is 0 Å². The number of fused-ring (bicyclic) bond motifs is 5. The fourth-order valence-corrected chi connectivity index (χ4v) is 9.97. The van der Waals surface area contributed by atoms with Crippen LogP contribution in [0.15, 0.2) is 40.4 Å². The zero-order valence-electron chi connectivity index (χ0n) is 25.3. The summed E-state index contributed by atoms with van der Waals surface area (Å²) >= 11 is 3.40. The van der Waals surface area contributed by atoms with Gasteiger partial charge in [0.25, 0.3) is 5.79 Å². The van der Waals surface area contributed by atoms with E-state index in [0.717, 1.165) is 17.3 Å². The van der Waals surface area contributed by atoms with E-state index in [1.54, 1.807) is 24.3 Å². The number of benzene rings is 1. The van der Waals surface area contributed by atoms with Gasteiger partial charge < -0.3 is 23.7 Å². The molecule has 4 aliphatic carbocycles. The molecule has 5 aliphatic rings. The molecule has 4 fully saturated rings. The highest BCUT2D eigenvalue weighted by Gasteiger charge is 2.73. The zero-order valence-corrected chi connectivity index (χ0v) is 26.9. The summed E-state index contributed by atoms with van der Waals surface area (Å²) in [6, 6.07) is 6.88. The molecule has 4 saturated carbocycles. The Bertz CT molecular complexity index is 1450. The highest BCUT2D eigenvalue weighted by atomic mass is 79.9. The second kappa shape index (κ2) is 10.7. The van der Waals surface area contributed by atoms with Gasteiger partial charge in [-0.05, 0) is 79.5 Å². The van der Waals surface area contributed by atoms with Crippen LogP contribution < -0.4 is 0 Å². The Morgan fingerprint density at radius 1 is 0.955 bits per heavy atom. The lowest BCUT2D eigenvalue weighted by Crippen LogP contribution is -2.62. The van der Waals surface area contributed by atoms with Gasteiger partial charge in [0.15, 0.2) is 0 Å². The molecule has 11 heteroatoms. The molecule has 236 valence electrons. The summed E-state index contributed by atoms with van der Waals surface area (Å²) in [5, 5.41) is 0. The number of ether oxygens (including phenoxy) is 5. The van der Waals surface area contributed by atoms with Gasteiger partial charge in [-0.1, -0.05) is 22.9 Å². The Kier molecular flexibility index (Phi) is 7.49. The molecule has 8 atom stereocenters. The Morgan fingerprint density at radius 3 is 2.32 bits per heavy atom. The lowest BCUT2D eigenvalue weighted by molar-refractivity contribution is -0.236. The van der Waals surface area contributed by atoms with E-state index < -0.39 is 64.1 Å². The molecule has 10 nitrogen and oxygen atoms in total. The second-order valence-corrected chi connectivity index (χ2v) is 14.4. The van der Waals surface area contributed by atoms with Crippen molar-refractivity contribution in [3.63, 3.8) is 0 Å². The summed E-state index contributed by atoms with van der Waals surface area (Å²) in [5.41, 5.74) is -0.967. The summed E-state index contributed by atoms with van der Waals surface area (Å²) in [6.07, 6.45) is 4.71. The van der Waals surface area contributed by atoms with Gasteiger partial charge in [-0.15, -0.1) is 0 Å². The third-order valence-corrected chi connectivity index (χ3v) is 11.4. The molecule has 1 aliphatic heterocycles. The second-order valence-electron chi connectivity index (χ2n) is 13.5. The summed E-state index contributed by atoms with van der Waals surface area (Å²) in [4.78, 5) is 63.0. The van der Waals surface area contributed by atoms with Crippen molar-refractivity contribution in [2.24, 2.45) is 28.6 Å². The van der Waals surface area contributed by atoms with E-state index in [2.05, 4.69) is 22.9 Å². The molecule has 6 rings (SSSR count). The first-order valence-corrected chi connectivity index (χ1v) is 15.9. The Balaban J connectivity index is 1.44. The molecule has 0 amide bonds. The number of esters is 5. The first-order chi connectivity index (χ1) is 20.7. The highest BCUT2D eigenvalue weighted by molar-refractivity contribution is 9.10. The number of carbonyl (C=O) groups excluding carboxylic acids is 5. The third kappa shape index (κ3) is 4.95. The minimum Gasteiger partial charge on any atom is -0.462 e. The Labute approximate surface area is 264 Å². The molecule has 0 aromatic heterocycles. The topological polar surface area (TPSA) is 132 Å². The molecule has 0 N–H and O–H groups in total. The number of carbonyl (C=O) groups is 5. The van der Waals surface area contributed by atoms with E-state index >= 15 is 0 Å². The number of hydrogen-bond acceptors (Lipinski definition) is 10. The average molecular weight is 674 g/mol. The average Bonchev–Trinajstić information content (AvgIpc) is 3.36. The van der Waals surface area contributed by atoms with Gasteiger partial charge in [-0.3, -0.25) is 14.4 Å². The standard InChI is InChI=1S/C33H37BrO10/c1-18(35)40-17-32(42-19(2)36)16-31-14-22(32)7-10-26(31)30(4)11-12-33(43-20(3)37)24(13-27(38)44-33)28(30)25(15-31)41-29(39)21-5-8-23(34)9-6-21/h5-6,8-9,13,22,25-26,28H,7,10-12,14-17H2,1-4H3/t22-,25-,26+,28+,30+,31-,32+,33-/m1/s1. The normalized spacial score (nSPS) is 38.2. The van der Waals surface area contributed by atoms with Crippen LogP contribution in [-0.4, -0.2) is 53.9 Å². The van der Waals surface area contributed by atoms with Crippen LogP contribution in [0.2, 0.25) is 0 Å². The molecule has 1 aromatic rings. The van der Waals surface area contributed by atoms with E-state index in [9.17, 15) is 24.0 Å². The minimum atomic E-state index is -1.54. The minimum absolute atomic E-state index is 0.0341. The van der Waals surface area contributed by atoms with Crippen LogP contribution in [0.4, 0.5) is 0 Å². The summed E-state index contributed by atoms with van der Waals surface area (Å²) < 4.78 is 30.2. The van der Waals surface area contributed by atoms with Crippen LogP contribution in [0.25, 0.3) is 0 Å². The number of hydrogen-bond donors (Lipinski definition) is 0. The maximum Gasteiger partial charge on any atom is 0.338 e. The van der Waals surface area contributed by atoms with Crippen molar-refractivity contribution in [3.05, 3.63) is 46.0 Å². The molecular weight excluding hydrogens is 636 g/mol. The summed E-state index contributed by atoms with van der Waals surface area (Å²) in [5.74, 6) is -4.51. The summed E-state index contributed by atoms with van der Waals surface area (Å²) in [6.45, 7) is 6.12. The molecule has 1 spiro atoms. The van der Waals surface area contributed by atoms with E-state index in [1.165, 1.54) is 26.8 Å². The van der Waals surface area contributed by atoms with Gasteiger partial charge in [0.1, 0.15) is 18.3 Å². The Morgan fingerprint density at radius 2 is 1.66 bits per heavy atom. The predicted octanol–water partition coefficient (Wildman–Crippen LogP) is 5.21. The van der Waals surface area contributed by atoms with Gasteiger partial charge in [-0.2, -0.15) is 0 Å². The van der Waals surface area contributed by atoms with E-state index in [1.807, 2.05) is 0 Å². The van der Waals surface area contributed by atoms with Crippen molar-refractivity contribution in [2.45, 2.75) is 90.1 Å². The molecule has 2 bridgehead atoms. The summed E-state index contributed by atoms with van der Waals surface area (Å²) in [7, 11) is 0. The SMILES string of the molecule is CC(=O)OC[C@@]1(OC(C)=O)C[C@]23C[C@H]1CC[C@H]2[C@]1(C)CC[C@@]2(OC(C)=O)OC(=O)C=C2[C@H]1[C@H](OC(=O)c1ccc(Br)cc1)C3. The maximum atomic E-state index is 13.7. The molecule has 0 radical (unpaired) electrons. The predicted molar refractivity (Wildman–Crippen MR) is 156 cm³/mol. The smallest absolute Gasteiger partial charge is 0.338 e. The molecular formula is C33H37BrO10. The van der Waals surface area contributed by atoms with Crippen molar-refractivity contribution in [1.29, 1.82) is 0 Å². The van der Waals surface area contributed by atoms with Crippen LogP contribution in [0.1, 0.15) is 83.0 Å². The number of halogens is 1. The van der Waals surface area contributed by atoms with Gasteiger partial charge >= 0.3 is 29.8 Å². The van der Waals surface area contributed by atoms with Gasteiger partial charge in [0.2, 0.25) is 0 Å². The monoisotopic (exact) mass is 672 g/mol. The highest BCUT2D eigenvalue weighted by Crippen LogP contribution is 2.73. The van der Waals surface area contributed by atoms with Crippen molar-refractivity contribution < 1.29 is 47.7 Å². The quantitative estimate of drug-likeness (QED) is 0.293. The van der Waals surface area contributed by atoms with Gasteiger partial charge in [0, 0.05) is 55.1 Å². The molecule has 1 aromatic carbocycles. The van der Waals surface area contributed by atoms with Gasteiger partial charge in [-0.25, -0.2) is 9.59 Å². The van der Waals surface area contributed by atoms with E-state index in [4.69, 9.17) is 23.7 Å². The lowest BCUT2D eigenvalue weighted by Gasteiger charge is -2.63. The van der Waals surface area contributed by atoms with Crippen molar-refractivity contribution in [2.75, 3.05) is 6.61 Å². The fraction of sp³-hybridized carbons (Fsp3) is 0.606. The fourth-order valence-electron chi connectivity index (χ4n) is 9.70. The lowest BCUT2D eigenvalue weighted by atomic mass is 9.43. The first-order valence-electron chi connectivity index (χ1n) is 15.2. The number of rotatable bonds is 6. The van der Waals surface area contributed by atoms with Crippen molar-refractivity contribution >= 4 is 45.8 Å². The molecule has 1 heterocycles. The molecule has 0 saturated heterocycles. The molecule has 44 heavy (non-hydrogen) atoms. The van der Waals surface area contributed by atoms with Gasteiger partial charge in [0.05, 0.1) is 5.56 Å². The van der Waals surface area contributed by atoms with Crippen molar-refractivity contribution in [1.82, 2.24) is 0 Å². The molecule has 0 unspecified atom stereocenters. The third-order valence-electron chi connectivity index (χ3n) is 10.9. The zero-order chi connectivity index (χ0) is 31.7. The Hall–Kier alpha value is -3.21. The largest absolute Gasteiger partial charge is 0.462 e. The van der Waals surface area contributed by atoms with Crippen molar-refractivity contribution in [3.8, 4) is 0 Å².